The average Bonchev–Trinajstić information content (AvgIpc) is 2.10. The summed E-state index contributed by atoms with van der Waals surface area (Å²) in [5, 5.41) is 0.839. The van der Waals surface area contributed by atoms with Gasteiger partial charge in [0.25, 0.3) is 0 Å². The van der Waals surface area contributed by atoms with Crippen molar-refractivity contribution in [3.05, 3.63) is 17.0 Å². The number of aryl methyl sites for hydroxylation is 2. The van der Waals surface area contributed by atoms with Crippen molar-refractivity contribution in [2.45, 2.75) is 25.9 Å². The van der Waals surface area contributed by atoms with E-state index in [1.54, 1.807) is 11.8 Å². The highest BCUT2D eigenvalue weighted by Gasteiger charge is 2.03. The molecule has 0 saturated carbocycles. The molecule has 13 heavy (non-hydrogen) atoms. The van der Waals surface area contributed by atoms with Crippen LogP contribution in [0.4, 0.5) is 0 Å². The summed E-state index contributed by atoms with van der Waals surface area (Å²) in [5.74, 6) is 0.877. The van der Waals surface area contributed by atoms with Gasteiger partial charge in [-0.2, -0.15) is 0 Å². The predicted octanol–water partition coefficient (Wildman–Crippen LogP) is 1.45. The number of hydrogen-bond donors (Lipinski definition) is 1. The van der Waals surface area contributed by atoms with Gasteiger partial charge in [-0.15, -0.1) is 0 Å². The van der Waals surface area contributed by atoms with Gasteiger partial charge in [0.2, 0.25) is 0 Å². The molecule has 4 heteroatoms. The van der Waals surface area contributed by atoms with Crippen LogP contribution < -0.4 is 5.73 Å². The maximum Gasteiger partial charge on any atom is 0.188 e. The van der Waals surface area contributed by atoms with Crippen LogP contribution >= 0.6 is 11.8 Å². The molecule has 0 bridgehead atoms. The summed E-state index contributed by atoms with van der Waals surface area (Å²) in [5.41, 5.74) is 8.71. The van der Waals surface area contributed by atoms with Gasteiger partial charge in [-0.25, -0.2) is 9.97 Å². The molecule has 0 saturated heterocycles. The molecule has 1 aromatic rings. The van der Waals surface area contributed by atoms with Gasteiger partial charge < -0.3 is 5.73 Å². The second-order valence-electron chi connectivity index (χ2n) is 2.94. The first-order valence-corrected chi connectivity index (χ1v) is 5.28. The number of nitrogens with two attached hydrogens (primary N) is 1. The zero-order valence-electron chi connectivity index (χ0n) is 8.29. The number of thioether (sulfide) groups is 1. The van der Waals surface area contributed by atoms with Crippen LogP contribution in [0.2, 0.25) is 0 Å². The van der Waals surface area contributed by atoms with Crippen LogP contribution in [0.15, 0.2) is 5.16 Å². The van der Waals surface area contributed by atoms with E-state index in [0.29, 0.717) is 6.54 Å². The first-order valence-electron chi connectivity index (χ1n) is 4.30. The summed E-state index contributed by atoms with van der Waals surface area (Å²) in [7, 11) is 0. The van der Waals surface area contributed by atoms with E-state index in [9.17, 15) is 0 Å². The quantitative estimate of drug-likeness (QED) is 0.588. The Kier molecular flexibility index (Phi) is 3.69. The predicted molar refractivity (Wildman–Crippen MR) is 56.0 cm³/mol. The summed E-state index contributed by atoms with van der Waals surface area (Å²) in [6, 6.07) is 0. The lowest BCUT2D eigenvalue weighted by molar-refractivity contribution is 0.880. The first kappa shape index (κ1) is 10.5. The van der Waals surface area contributed by atoms with Gasteiger partial charge >= 0.3 is 0 Å². The Bertz CT molecular complexity index is 276. The minimum absolute atomic E-state index is 0.667. The lowest BCUT2D eigenvalue weighted by atomic mass is 10.2. The van der Waals surface area contributed by atoms with E-state index in [1.165, 1.54) is 5.56 Å². The number of nitrogens with zero attached hydrogens (tertiary/aromatic N) is 2. The maximum atomic E-state index is 5.41. The van der Waals surface area contributed by atoms with Gasteiger partial charge in [0.15, 0.2) is 5.16 Å². The minimum Gasteiger partial charge on any atom is -0.330 e. The SMILES string of the molecule is Cc1nc(SCCN)nc(C)c1C. The van der Waals surface area contributed by atoms with Crippen LogP contribution in [-0.2, 0) is 0 Å². The molecule has 72 valence electrons. The topological polar surface area (TPSA) is 51.8 Å². The molecule has 0 radical (unpaired) electrons. The normalized spacial score (nSPS) is 10.5. The summed E-state index contributed by atoms with van der Waals surface area (Å²) in [6.07, 6.45) is 0. The standard InChI is InChI=1S/C9H15N3S/c1-6-7(2)11-9(12-8(6)3)13-5-4-10/h4-5,10H2,1-3H3. The Morgan fingerprint density at radius 1 is 1.15 bits per heavy atom. The van der Waals surface area contributed by atoms with E-state index < -0.39 is 0 Å². The molecule has 0 aliphatic heterocycles. The van der Waals surface area contributed by atoms with Crippen molar-refractivity contribution in [1.82, 2.24) is 9.97 Å². The van der Waals surface area contributed by atoms with Crippen molar-refractivity contribution in [3.8, 4) is 0 Å². The van der Waals surface area contributed by atoms with Crippen molar-refractivity contribution in [3.63, 3.8) is 0 Å². The number of rotatable bonds is 3. The summed E-state index contributed by atoms with van der Waals surface area (Å²) in [6.45, 7) is 6.73. The molecule has 0 fully saturated rings. The van der Waals surface area contributed by atoms with Crippen LogP contribution in [0.5, 0.6) is 0 Å². The summed E-state index contributed by atoms with van der Waals surface area (Å²) >= 11 is 1.61. The Morgan fingerprint density at radius 3 is 2.15 bits per heavy atom. The highest BCUT2D eigenvalue weighted by molar-refractivity contribution is 7.99. The fraction of sp³-hybridized carbons (Fsp3) is 0.556. The van der Waals surface area contributed by atoms with Gasteiger partial charge in [-0.05, 0) is 26.3 Å². The van der Waals surface area contributed by atoms with Crippen molar-refractivity contribution >= 4 is 11.8 Å². The molecule has 1 rings (SSSR count). The fourth-order valence-corrected chi connectivity index (χ4v) is 1.66. The summed E-state index contributed by atoms with van der Waals surface area (Å²) in [4.78, 5) is 8.73. The fourth-order valence-electron chi connectivity index (χ4n) is 0.956. The zero-order valence-corrected chi connectivity index (χ0v) is 9.11. The highest BCUT2D eigenvalue weighted by Crippen LogP contribution is 2.15. The average molecular weight is 197 g/mol. The first-order chi connectivity index (χ1) is 6.15. The molecule has 2 N–H and O–H groups in total. The van der Waals surface area contributed by atoms with E-state index in [1.807, 2.05) is 20.8 Å². The number of aromatic nitrogens is 2. The molecule has 1 aromatic heterocycles. The third-order valence-electron chi connectivity index (χ3n) is 1.96. The molecule has 0 aliphatic carbocycles. The van der Waals surface area contributed by atoms with E-state index >= 15 is 0 Å². The van der Waals surface area contributed by atoms with Gasteiger partial charge in [0, 0.05) is 23.7 Å². The monoisotopic (exact) mass is 197 g/mol. The maximum absolute atomic E-state index is 5.41. The van der Waals surface area contributed by atoms with Crippen LogP contribution in [0.25, 0.3) is 0 Å². The largest absolute Gasteiger partial charge is 0.330 e. The second kappa shape index (κ2) is 4.58. The molecule has 0 atom stereocenters. The Labute approximate surface area is 83.2 Å². The third-order valence-corrected chi connectivity index (χ3v) is 2.84. The second-order valence-corrected chi connectivity index (χ2v) is 4.00. The smallest absolute Gasteiger partial charge is 0.188 e. The molecule has 3 nitrogen and oxygen atoms in total. The molecular formula is C9H15N3S. The van der Waals surface area contributed by atoms with Crippen LogP contribution in [0.1, 0.15) is 17.0 Å². The Balaban J connectivity index is 2.86. The van der Waals surface area contributed by atoms with Crippen molar-refractivity contribution in [2.24, 2.45) is 5.73 Å². The van der Waals surface area contributed by atoms with E-state index in [4.69, 9.17) is 5.73 Å². The van der Waals surface area contributed by atoms with E-state index in [2.05, 4.69) is 9.97 Å². The molecule has 0 amide bonds. The van der Waals surface area contributed by atoms with Gasteiger partial charge in [-0.1, -0.05) is 11.8 Å². The lowest BCUT2D eigenvalue weighted by Crippen LogP contribution is -2.03. The van der Waals surface area contributed by atoms with Crippen LogP contribution in [0, 0.1) is 20.8 Å². The Hall–Kier alpha value is -0.610. The van der Waals surface area contributed by atoms with Crippen molar-refractivity contribution < 1.29 is 0 Å². The van der Waals surface area contributed by atoms with Gasteiger partial charge in [0.05, 0.1) is 0 Å². The lowest BCUT2D eigenvalue weighted by Gasteiger charge is -2.05. The minimum atomic E-state index is 0.667. The highest BCUT2D eigenvalue weighted by atomic mass is 32.2. The van der Waals surface area contributed by atoms with E-state index in [0.717, 1.165) is 22.3 Å². The zero-order chi connectivity index (χ0) is 9.84. The van der Waals surface area contributed by atoms with Crippen LogP contribution in [-0.4, -0.2) is 22.3 Å². The summed E-state index contributed by atoms with van der Waals surface area (Å²) < 4.78 is 0. The van der Waals surface area contributed by atoms with Crippen LogP contribution in [0.3, 0.4) is 0 Å². The molecule has 0 aliphatic rings. The van der Waals surface area contributed by atoms with Gasteiger partial charge in [-0.3, -0.25) is 0 Å². The molecular weight excluding hydrogens is 182 g/mol. The number of hydrogen-bond acceptors (Lipinski definition) is 4. The molecule has 0 unspecified atom stereocenters. The van der Waals surface area contributed by atoms with Crippen molar-refractivity contribution in [2.75, 3.05) is 12.3 Å². The molecule has 0 aromatic carbocycles. The van der Waals surface area contributed by atoms with Gasteiger partial charge in [0.1, 0.15) is 0 Å². The van der Waals surface area contributed by atoms with Crippen molar-refractivity contribution in [1.29, 1.82) is 0 Å². The molecule has 1 heterocycles. The van der Waals surface area contributed by atoms with E-state index in [-0.39, 0.29) is 0 Å². The molecule has 0 spiro atoms. The third kappa shape index (κ3) is 2.67. The Morgan fingerprint density at radius 2 is 1.69 bits per heavy atom.